The second-order valence-electron chi connectivity index (χ2n) is 2.71. The van der Waals surface area contributed by atoms with Gasteiger partial charge in [-0.3, -0.25) is 0 Å². The van der Waals surface area contributed by atoms with Crippen LogP contribution in [0.25, 0.3) is 0 Å². The van der Waals surface area contributed by atoms with Crippen LogP contribution in [0.3, 0.4) is 0 Å². The minimum Gasteiger partial charge on any atom is -0.479 e. The Morgan fingerprint density at radius 1 is 1.08 bits per heavy atom. The molecule has 0 heterocycles. The Hall–Kier alpha value is -0.730. The third-order valence-corrected chi connectivity index (χ3v) is 1.44. The van der Waals surface area contributed by atoms with E-state index >= 15 is 0 Å². The molecule has 7 heteroatoms. The van der Waals surface area contributed by atoms with Crippen LogP contribution in [-0.4, -0.2) is 54.8 Å². The van der Waals surface area contributed by atoms with Crippen molar-refractivity contribution in [2.24, 2.45) is 0 Å². The van der Waals surface area contributed by atoms with Crippen LogP contribution in [0.2, 0.25) is 0 Å². The maximum absolute atomic E-state index is 10.4. The number of aliphatic hydroxyl groups excluding tert-OH is 2. The Morgan fingerprint density at radius 3 is 1.54 bits per heavy atom. The lowest BCUT2D eigenvalue weighted by Crippen LogP contribution is -2.44. The van der Waals surface area contributed by atoms with E-state index in [9.17, 15) is 9.90 Å². The van der Waals surface area contributed by atoms with Crippen molar-refractivity contribution < 1.29 is 35.4 Å². The van der Waals surface area contributed by atoms with Crippen LogP contribution < -0.4 is 0 Å². The molecule has 0 saturated carbocycles. The van der Waals surface area contributed by atoms with Gasteiger partial charge in [0.05, 0.1) is 0 Å². The fraction of sp³-hybridized carbons (Fsp3) is 0.833. The Balaban J connectivity index is 4.43. The van der Waals surface area contributed by atoms with E-state index in [0.29, 0.717) is 0 Å². The van der Waals surface area contributed by atoms with Crippen molar-refractivity contribution >= 4 is 5.97 Å². The molecular formula is C6H12O7. The van der Waals surface area contributed by atoms with Gasteiger partial charge >= 0.3 is 5.97 Å². The number of carboxylic acid groups (broad SMARTS) is 1. The summed E-state index contributed by atoms with van der Waals surface area (Å²) in [5.74, 6) is -1.74. The Kier molecular flexibility index (Phi) is 4.24. The minimum absolute atomic E-state index is 0.889. The molecule has 0 aliphatic heterocycles. The lowest BCUT2D eigenvalue weighted by molar-refractivity contribution is -0.183. The van der Waals surface area contributed by atoms with Crippen LogP contribution >= 0.6 is 0 Å². The van der Waals surface area contributed by atoms with Gasteiger partial charge in [0.15, 0.2) is 18.2 Å². The van der Waals surface area contributed by atoms with Crippen molar-refractivity contribution in [3.05, 3.63) is 0 Å². The molecule has 0 bridgehead atoms. The zero-order valence-electron chi connectivity index (χ0n) is 6.66. The lowest BCUT2D eigenvalue weighted by Gasteiger charge is -2.24. The monoisotopic (exact) mass is 196 g/mol. The van der Waals surface area contributed by atoms with Crippen LogP contribution in [0, 0.1) is 0 Å². The third-order valence-electron chi connectivity index (χ3n) is 1.44. The van der Waals surface area contributed by atoms with Crippen LogP contribution in [0.4, 0.5) is 0 Å². The average Bonchev–Trinajstić information content (AvgIpc) is 1.82. The van der Waals surface area contributed by atoms with E-state index < -0.39 is 37.0 Å². The zero-order chi connectivity index (χ0) is 10.6. The highest BCUT2D eigenvalue weighted by atomic mass is 16.5. The number of rotatable bonds is 5. The molecule has 78 valence electrons. The molecule has 0 aromatic rings. The van der Waals surface area contributed by atoms with Gasteiger partial charge in [0.1, 0.15) is 0 Å². The first-order valence-corrected chi connectivity index (χ1v) is 3.46. The van der Waals surface area contributed by atoms with Crippen LogP contribution in [0.15, 0.2) is 0 Å². The summed E-state index contributed by atoms with van der Waals surface area (Å²) < 4.78 is 0. The van der Waals surface area contributed by atoms with E-state index in [1.54, 1.807) is 0 Å². The van der Waals surface area contributed by atoms with Gasteiger partial charge in [0, 0.05) is 12.8 Å². The smallest absolute Gasteiger partial charge is 0.336 e. The molecule has 0 unspecified atom stereocenters. The molecule has 0 saturated heterocycles. The SMILES string of the molecule is O=C(O)C(O)(CC(O)O)CC(O)O. The van der Waals surface area contributed by atoms with Crippen molar-refractivity contribution in [2.75, 3.05) is 0 Å². The van der Waals surface area contributed by atoms with Crippen molar-refractivity contribution in [2.45, 2.75) is 31.0 Å². The Bertz CT molecular complexity index is 166. The van der Waals surface area contributed by atoms with Crippen LogP contribution in [0.1, 0.15) is 12.8 Å². The van der Waals surface area contributed by atoms with Gasteiger partial charge < -0.3 is 30.6 Å². The fourth-order valence-corrected chi connectivity index (χ4v) is 0.862. The second-order valence-corrected chi connectivity index (χ2v) is 2.71. The summed E-state index contributed by atoms with van der Waals surface area (Å²) >= 11 is 0. The van der Waals surface area contributed by atoms with E-state index in [-0.39, 0.29) is 0 Å². The molecule has 13 heavy (non-hydrogen) atoms. The van der Waals surface area contributed by atoms with E-state index in [1.165, 1.54) is 0 Å². The molecule has 0 aliphatic rings. The maximum atomic E-state index is 10.4. The predicted octanol–water partition coefficient (Wildman–Crippen LogP) is -2.80. The first-order chi connectivity index (χ1) is 5.78. The molecule has 0 amide bonds. The molecule has 0 radical (unpaired) electrons. The second kappa shape index (κ2) is 4.49. The molecule has 0 spiro atoms. The van der Waals surface area contributed by atoms with Crippen molar-refractivity contribution in [1.29, 1.82) is 0 Å². The van der Waals surface area contributed by atoms with Gasteiger partial charge in [-0.15, -0.1) is 0 Å². The highest BCUT2D eigenvalue weighted by Gasteiger charge is 2.39. The molecule has 0 rings (SSSR count). The van der Waals surface area contributed by atoms with Crippen molar-refractivity contribution in [1.82, 2.24) is 0 Å². The molecule has 0 atom stereocenters. The average molecular weight is 196 g/mol. The van der Waals surface area contributed by atoms with Gasteiger partial charge in [0.2, 0.25) is 0 Å². The summed E-state index contributed by atoms with van der Waals surface area (Å²) in [4.78, 5) is 10.4. The third kappa shape index (κ3) is 4.15. The molecule has 0 aliphatic carbocycles. The van der Waals surface area contributed by atoms with Crippen molar-refractivity contribution in [3.8, 4) is 0 Å². The van der Waals surface area contributed by atoms with Crippen LogP contribution in [0.5, 0.6) is 0 Å². The standard InChI is InChI=1S/C6H12O7/c7-3(8)1-6(13,5(11)12)2-4(9)10/h3-4,7-10,13H,1-2H2,(H,11,12). The zero-order valence-corrected chi connectivity index (χ0v) is 6.66. The summed E-state index contributed by atoms with van der Waals surface area (Å²) in [5.41, 5.74) is -2.54. The summed E-state index contributed by atoms with van der Waals surface area (Å²) in [6.07, 6.45) is -5.83. The highest BCUT2D eigenvalue weighted by molar-refractivity contribution is 5.77. The lowest BCUT2D eigenvalue weighted by atomic mass is 9.95. The number of aliphatic carboxylic acids is 1. The molecule has 6 N–H and O–H groups in total. The van der Waals surface area contributed by atoms with E-state index in [1.807, 2.05) is 0 Å². The van der Waals surface area contributed by atoms with Gasteiger partial charge in [-0.25, -0.2) is 4.79 Å². The summed E-state index contributed by atoms with van der Waals surface area (Å²) in [5, 5.41) is 51.3. The number of carbonyl (C=O) groups is 1. The fourth-order valence-electron chi connectivity index (χ4n) is 0.862. The number of aliphatic hydroxyl groups is 5. The number of carboxylic acids is 1. The van der Waals surface area contributed by atoms with E-state index in [2.05, 4.69) is 0 Å². The van der Waals surface area contributed by atoms with Crippen LogP contribution in [-0.2, 0) is 4.79 Å². The van der Waals surface area contributed by atoms with E-state index in [4.69, 9.17) is 25.5 Å². The summed E-state index contributed by atoms with van der Waals surface area (Å²) in [7, 11) is 0. The normalized spacial score (nSPS) is 12.5. The number of hydrogen-bond donors (Lipinski definition) is 6. The molecule has 0 aromatic carbocycles. The molecular weight excluding hydrogens is 184 g/mol. The quantitative estimate of drug-likeness (QED) is 0.261. The minimum atomic E-state index is -2.54. The molecule has 0 aromatic heterocycles. The first kappa shape index (κ1) is 12.3. The Labute approximate surface area is 73.5 Å². The number of hydrogen-bond acceptors (Lipinski definition) is 6. The van der Waals surface area contributed by atoms with Gasteiger partial charge in [0.25, 0.3) is 0 Å². The highest BCUT2D eigenvalue weighted by Crippen LogP contribution is 2.18. The Morgan fingerprint density at radius 2 is 1.38 bits per heavy atom. The first-order valence-electron chi connectivity index (χ1n) is 3.46. The van der Waals surface area contributed by atoms with Gasteiger partial charge in [-0.2, -0.15) is 0 Å². The van der Waals surface area contributed by atoms with Crippen molar-refractivity contribution in [3.63, 3.8) is 0 Å². The van der Waals surface area contributed by atoms with Gasteiger partial charge in [-0.05, 0) is 0 Å². The molecule has 0 fully saturated rings. The predicted molar refractivity (Wildman–Crippen MR) is 38.3 cm³/mol. The maximum Gasteiger partial charge on any atom is 0.336 e. The summed E-state index contributed by atoms with van der Waals surface area (Å²) in [6.45, 7) is 0. The largest absolute Gasteiger partial charge is 0.479 e. The van der Waals surface area contributed by atoms with E-state index in [0.717, 1.165) is 0 Å². The topological polar surface area (TPSA) is 138 Å². The van der Waals surface area contributed by atoms with Gasteiger partial charge in [-0.1, -0.05) is 0 Å². The molecule has 7 nitrogen and oxygen atoms in total. The summed E-state index contributed by atoms with van der Waals surface area (Å²) in [6, 6.07) is 0.